The van der Waals surface area contributed by atoms with Gasteiger partial charge in [0.05, 0.1) is 19.8 Å². The molecule has 0 radical (unpaired) electrons. The summed E-state index contributed by atoms with van der Waals surface area (Å²) in [6.07, 6.45) is 0.390. The molecule has 2 aromatic carbocycles. The molecule has 0 unspecified atom stereocenters. The summed E-state index contributed by atoms with van der Waals surface area (Å²) < 4.78 is 10.8. The molecule has 4 heteroatoms. The van der Waals surface area contributed by atoms with Gasteiger partial charge in [0.1, 0.15) is 11.5 Å². The first-order valence-corrected chi connectivity index (χ1v) is 7.54. The number of rotatable bonds is 6. The van der Waals surface area contributed by atoms with Gasteiger partial charge in [-0.3, -0.25) is 0 Å². The van der Waals surface area contributed by atoms with Crippen molar-refractivity contribution in [2.24, 2.45) is 0 Å². The zero-order valence-electron chi connectivity index (χ0n) is 12.7. The van der Waals surface area contributed by atoms with Gasteiger partial charge in [-0.05, 0) is 23.3 Å². The lowest BCUT2D eigenvalue weighted by molar-refractivity contribution is 0.170. The Labute approximate surface area is 130 Å². The summed E-state index contributed by atoms with van der Waals surface area (Å²) in [5.74, 6) is 1.71. The van der Waals surface area contributed by atoms with Crippen LogP contribution in [0, 0.1) is 0 Å². The molecule has 1 atom stereocenters. The van der Waals surface area contributed by atoms with Gasteiger partial charge < -0.3 is 19.9 Å². The highest BCUT2D eigenvalue weighted by Crippen LogP contribution is 2.26. The van der Waals surface area contributed by atoms with Crippen molar-refractivity contribution in [2.75, 3.05) is 20.3 Å². The van der Waals surface area contributed by atoms with Crippen LogP contribution in [0.5, 0.6) is 11.5 Å². The van der Waals surface area contributed by atoms with Gasteiger partial charge in [-0.15, -0.1) is 0 Å². The third-order valence-electron chi connectivity index (χ3n) is 3.92. The van der Waals surface area contributed by atoms with Crippen molar-refractivity contribution >= 4 is 0 Å². The van der Waals surface area contributed by atoms with Crippen LogP contribution in [0.25, 0.3) is 0 Å². The van der Waals surface area contributed by atoms with Crippen molar-refractivity contribution in [3.8, 4) is 11.5 Å². The molecule has 22 heavy (non-hydrogen) atoms. The molecular formula is C18H21NO3. The van der Waals surface area contributed by atoms with Crippen molar-refractivity contribution in [3.63, 3.8) is 0 Å². The largest absolute Gasteiger partial charge is 0.496 e. The van der Waals surface area contributed by atoms with Crippen LogP contribution in [0.3, 0.4) is 0 Å². The topological polar surface area (TPSA) is 50.7 Å². The van der Waals surface area contributed by atoms with Gasteiger partial charge in [0, 0.05) is 25.1 Å². The summed E-state index contributed by atoms with van der Waals surface area (Å²) in [5.41, 5.74) is 3.28. The minimum absolute atomic E-state index is 0.480. The predicted octanol–water partition coefficient (Wildman–Crippen LogP) is 2.45. The van der Waals surface area contributed by atoms with Crippen LogP contribution in [0.1, 0.15) is 22.8 Å². The Morgan fingerprint density at radius 1 is 1.27 bits per heavy atom. The Balaban J connectivity index is 1.56. The Morgan fingerprint density at radius 2 is 2.14 bits per heavy atom. The summed E-state index contributed by atoms with van der Waals surface area (Å²) in [6, 6.07) is 13.8. The number of hydrogen-bond donors (Lipinski definition) is 2. The molecular weight excluding hydrogens is 278 g/mol. The number of fused-ring (bicyclic) bond motifs is 1. The monoisotopic (exact) mass is 299 g/mol. The van der Waals surface area contributed by atoms with Crippen LogP contribution in [0.4, 0.5) is 0 Å². The molecule has 3 rings (SSSR count). The maximum atomic E-state index is 10.3. The van der Waals surface area contributed by atoms with Crippen LogP contribution in [0.15, 0.2) is 42.5 Å². The van der Waals surface area contributed by atoms with Crippen molar-refractivity contribution < 1.29 is 14.6 Å². The standard InChI is InChI=1S/C18H21NO3/c1-21-18-5-3-2-4-15(18)16(20)12-19-11-13-6-7-17-14(10-13)8-9-22-17/h2-7,10,16,19-20H,8-9,11-12H2,1H3/t16-/m1/s1. The summed E-state index contributed by atoms with van der Waals surface area (Å²) in [6.45, 7) is 1.98. The molecule has 1 aliphatic rings. The lowest BCUT2D eigenvalue weighted by Crippen LogP contribution is -2.21. The van der Waals surface area contributed by atoms with Crippen LogP contribution < -0.4 is 14.8 Å². The molecule has 0 aromatic heterocycles. The van der Waals surface area contributed by atoms with E-state index in [9.17, 15) is 5.11 Å². The summed E-state index contributed by atoms with van der Waals surface area (Å²) >= 11 is 0. The highest BCUT2D eigenvalue weighted by atomic mass is 16.5. The molecule has 1 heterocycles. The second kappa shape index (κ2) is 6.81. The van der Waals surface area contributed by atoms with Gasteiger partial charge in [-0.1, -0.05) is 30.3 Å². The average Bonchev–Trinajstić information content (AvgIpc) is 3.02. The van der Waals surface area contributed by atoms with Gasteiger partial charge in [-0.2, -0.15) is 0 Å². The van der Waals surface area contributed by atoms with E-state index in [4.69, 9.17) is 9.47 Å². The van der Waals surface area contributed by atoms with E-state index in [-0.39, 0.29) is 0 Å². The minimum atomic E-state index is -0.589. The first-order chi connectivity index (χ1) is 10.8. The van der Waals surface area contributed by atoms with Gasteiger partial charge in [0.2, 0.25) is 0 Å². The fourth-order valence-corrected chi connectivity index (χ4v) is 2.75. The molecule has 0 amide bonds. The van der Waals surface area contributed by atoms with Crippen LogP contribution in [-0.4, -0.2) is 25.4 Å². The van der Waals surface area contributed by atoms with Crippen molar-refractivity contribution in [2.45, 2.75) is 19.1 Å². The Hall–Kier alpha value is -2.04. The fraction of sp³-hybridized carbons (Fsp3) is 0.333. The smallest absolute Gasteiger partial charge is 0.124 e. The lowest BCUT2D eigenvalue weighted by Gasteiger charge is -2.15. The van der Waals surface area contributed by atoms with Crippen molar-refractivity contribution in [3.05, 3.63) is 59.2 Å². The average molecular weight is 299 g/mol. The number of para-hydroxylation sites is 1. The second-order valence-corrected chi connectivity index (χ2v) is 5.43. The molecule has 0 saturated heterocycles. The van der Waals surface area contributed by atoms with Crippen LogP contribution >= 0.6 is 0 Å². The SMILES string of the molecule is COc1ccccc1[C@H](O)CNCc1ccc2c(c1)CCO2. The molecule has 2 N–H and O–H groups in total. The Kier molecular flexibility index (Phi) is 4.61. The number of nitrogens with one attached hydrogen (secondary N) is 1. The Bertz CT molecular complexity index is 642. The molecule has 4 nitrogen and oxygen atoms in total. The highest BCUT2D eigenvalue weighted by molar-refractivity contribution is 5.40. The summed E-state index contributed by atoms with van der Waals surface area (Å²) in [7, 11) is 1.62. The van der Waals surface area contributed by atoms with Crippen molar-refractivity contribution in [1.29, 1.82) is 0 Å². The maximum absolute atomic E-state index is 10.3. The zero-order valence-corrected chi connectivity index (χ0v) is 12.7. The first-order valence-electron chi connectivity index (χ1n) is 7.54. The molecule has 0 aliphatic carbocycles. The number of hydrogen-bond acceptors (Lipinski definition) is 4. The van der Waals surface area contributed by atoms with E-state index in [2.05, 4.69) is 17.4 Å². The second-order valence-electron chi connectivity index (χ2n) is 5.43. The van der Waals surface area contributed by atoms with E-state index in [0.29, 0.717) is 12.3 Å². The van der Waals surface area contributed by atoms with Gasteiger partial charge in [-0.25, -0.2) is 0 Å². The third kappa shape index (κ3) is 3.24. The van der Waals surface area contributed by atoms with E-state index in [0.717, 1.165) is 30.9 Å². The van der Waals surface area contributed by atoms with Gasteiger partial charge >= 0.3 is 0 Å². The molecule has 0 spiro atoms. The lowest BCUT2D eigenvalue weighted by atomic mass is 10.1. The zero-order chi connectivity index (χ0) is 15.4. The number of aliphatic hydroxyl groups excluding tert-OH is 1. The molecule has 0 saturated carbocycles. The third-order valence-corrected chi connectivity index (χ3v) is 3.92. The van der Waals surface area contributed by atoms with E-state index >= 15 is 0 Å². The number of ether oxygens (including phenoxy) is 2. The maximum Gasteiger partial charge on any atom is 0.124 e. The van der Waals surface area contributed by atoms with E-state index < -0.39 is 6.10 Å². The van der Waals surface area contributed by atoms with E-state index in [1.165, 1.54) is 11.1 Å². The highest BCUT2D eigenvalue weighted by Gasteiger charge is 2.14. The molecule has 2 aromatic rings. The normalized spacial score (nSPS) is 14.3. The summed E-state index contributed by atoms with van der Waals surface area (Å²) in [5, 5.41) is 13.6. The predicted molar refractivity (Wildman–Crippen MR) is 85.3 cm³/mol. The fourth-order valence-electron chi connectivity index (χ4n) is 2.75. The van der Waals surface area contributed by atoms with Gasteiger partial charge in [0.15, 0.2) is 0 Å². The van der Waals surface area contributed by atoms with Crippen molar-refractivity contribution in [1.82, 2.24) is 5.32 Å². The minimum Gasteiger partial charge on any atom is -0.496 e. The first kappa shape index (κ1) is 14.9. The number of benzene rings is 2. The van der Waals surface area contributed by atoms with Crippen LogP contribution in [-0.2, 0) is 13.0 Å². The number of aliphatic hydroxyl groups is 1. The molecule has 0 fully saturated rings. The molecule has 1 aliphatic heterocycles. The Morgan fingerprint density at radius 3 is 3.00 bits per heavy atom. The van der Waals surface area contributed by atoms with E-state index in [1.807, 2.05) is 30.3 Å². The van der Waals surface area contributed by atoms with Gasteiger partial charge in [0.25, 0.3) is 0 Å². The number of methoxy groups -OCH3 is 1. The van der Waals surface area contributed by atoms with E-state index in [1.54, 1.807) is 7.11 Å². The van der Waals surface area contributed by atoms with Crippen LogP contribution in [0.2, 0.25) is 0 Å². The quantitative estimate of drug-likeness (QED) is 0.860. The summed E-state index contributed by atoms with van der Waals surface area (Å²) in [4.78, 5) is 0. The molecule has 0 bridgehead atoms. The molecule has 116 valence electrons.